The predicted molar refractivity (Wildman–Crippen MR) is 101 cm³/mol. The molecule has 1 saturated heterocycles. The highest BCUT2D eigenvalue weighted by atomic mass is 19.1. The van der Waals surface area contributed by atoms with E-state index in [9.17, 15) is 18.8 Å². The lowest BCUT2D eigenvalue weighted by molar-refractivity contribution is -0.122. The van der Waals surface area contributed by atoms with Crippen LogP contribution < -0.4 is 10.2 Å². The van der Waals surface area contributed by atoms with E-state index in [-0.39, 0.29) is 16.7 Å². The van der Waals surface area contributed by atoms with E-state index in [0.29, 0.717) is 5.56 Å². The number of halogens is 1. The molecule has 0 radical (unpaired) electrons. The minimum absolute atomic E-state index is 0.0183. The van der Waals surface area contributed by atoms with Crippen LogP contribution in [0.15, 0.2) is 54.1 Å². The Labute approximate surface area is 156 Å². The van der Waals surface area contributed by atoms with Gasteiger partial charge in [0, 0.05) is 0 Å². The van der Waals surface area contributed by atoms with Gasteiger partial charge in [0.2, 0.25) is 0 Å². The van der Waals surface area contributed by atoms with Gasteiger partial charge in [0.25, 0.3) is 11.8 Å². The monoisotopic (exact) mass is 366 g/mol. The zero-order valence-electron chi connectivity index (χ0n) is 15.2. The summed E-state index contributed by atoms with van der Waals surface area (Å²) >= 11 is 0. The maximum absolute atomic E-state index is 13.1. The van der Waals surface area contributed by atoms with Crippen molar-refractivity contribution < 1.29 is 18.8 Å². The van der Waals surface area contributed by atoms with Crippen LogP contribution in [-0.4, -0.2) is 17.8 Å². The van der Waals surface area contributed by atoms with Crippen molar-refractivity contribution in [2.45, 2.75) is 26.2 Å². The van der Waals surface area contributed by atoms with Crippen molar-refractivity contribution in [3.05, 3.63) is 71.0 Å². The third-order valence-corrected chi connectivity index (χ3v) is 4.27. The van der Waals surface area contributed by atoms with Gasteiger partial charge in [0.05, 0.1) is 5.69 Å². The van der Waals surface area contributed by atoms with Gasteiger partial charge in [-0.2, -0.15) is 0 Å². The molecule has 1 aliphatic rings. The van der Waals surface area contributed by atoms with Crippen LogP contribution in [0, 0.1) is 5.82 Å². The maximum Gasteiger partial charge on any atom is 0.335 e. The number of anilines is 1. The Hall–Kier alpha value is -3.28. The molecule has 6 heteroatoms. The number of hydrogen-bond acceptors (Lipinski definition) is 3. The molecule has 0 bridgehead atoms. The van der Waals surface area contributed by atoms with Gasteiger partial charge in [-0.3, -0.25) is 14.9 Å². The molecule has 0 aliphatic carbocycles. The highest BCUT2D eigenvalue weighted by molar-refractivity contribution is 6.39. The van der Waals surface area contributed by atoms with Gasteiger partial charge < -0.3 is 0 Å². The summed E-state index contributed by atoms with van der Waals surface area (Å²) in [7, 11) is 0. The van der Waals surface area contributed by atoms with Crippen LogP contribution in [0.3, 0.4) is 0 Å². The number of urea groups is 1. The molecule has 0 atom stereocenters. The van der Waals surface area contributed by atoms with Crippen LogP contribution in [0.1, 0.15) is 31.9 Å². The smallest absolute Gasteiger partial charge is 0.273 e. The van der Waals surface area contributed by atoms with Gasteiger partial charge in [-0.15, -0.1) is 0 Å². The predicted octanol–water partition coefficient (Wildman–Crippen LogP) is 3.79. The van der Waals surface area contributed by atoms with Crippen molar-refractivity contribution in [1.29, 1.82) is 0 Å². The lowest BCUT2D eigenvalue weighted by Gasteiger charge is -2.26. The Morgan fingerprint density at radius 1 is 0.926 bits per heavy atom. The first-order valence-electron chi connectivity index (χ1n) is 8.44. The van der Waals surface area contributed by atoms with Crippen LogP contribution >= 0.6 is 0 Å². The first kappa shape index (κ1) is 18.5. The van der Waals surface area contributed by atoms with Crippen LogP contribution in [0.25, 0.3) is 6.08 Å². The molecule has 0 aromatic heterocycles. The number of amides is 4. The summed E-state index contributed by atoms with van der Waals surface area (Å²) in [6, 6.07) is 11.5. The minimum atomic E-state index is -0.864. The van der Waals surface area contributed by atoms with E-state index in [0.717, 1.165) is 22.6 Å². The molecule has 3 rings (SSSR count). The van der Waals surface area contributed by atoms with Crippen LogP contribution in [0.5, 0.6) is 0 Å². The van der Waals surface area contributed by atoms with E-state index < -0.39 is 23.7 Å². The normalized spacial score (nSPS) is 16.7. The van der Waals surface area contributed by atoms with E-state index >= 15 is 0 Å². The fourth-order valence-corrected chi connectivity index (χ4v) is 2.73. The average Bonchev–Trinajstić information content (AvgIpc) is 2.60. The molecule has 4 amide bonds. The van der Waals surface area contributed by atoms with E-state index in [2.05, 4.69) is 26.1 Å². The lowest BCUT2D eigenvalue weighted by atomic mass is 9.86. The molecule has 0 saturated carbocycles. The van der Waals surface area contributed by atoms with Crippen molar-refractivity contribution in [3.8, 4) is 0 Å². The average molecular weight is 366 g/mol. The second-order valence-corrected chi connectivity index (χ2v) is 7.31. The number of nitrogens with zero attached hydrogens (tertiary/aromatic N) is 1. The van der Waals surface area contributed by atoms with Crippen LogP contribution in [-0.2, 0) is 15.0 Å². The van der Waals surface area contributed by atoms with Crippen molar-refractivity contribution in [2.24, 2.45) is 0 Å². The number of nitrogens with one attached hydrogen (secondary N) is 1. The van der Waals surface area contributed by atoms with Crippen LogP contribution in [0.4, 0.5) is 14.9 Å². The number of imide groups is 2. The molecule has 2 aromatic rings. The number of rotatable bonds is 2. The van der Waals surface area contributed by atoms with Crippen molar-refractivity contribution >= 4 is 29.6 Å². The molecule has 138 valence electrons. The molecule has 27 heavy (non-hydrogen) atoms. The molecule has 5 nitrogen and oxygen atoms in total. The molecule has 1 aliphatic heterocycles. The van der Waals surface area contributed by atoms with Gasteiger partial charge in [-0.05, 0) is 46.9 Å². The Balaban J connectivity index is 1.95. The largest absolute Gasteiger partial charge is 0.335 e. The Morgan fingerprint density at radius 3 is 2.07 bits per heavy atom. The maximum atomic E-state index is 13.1. The summed E-state index contributed by atoms with van der Waals surface area (Å²) < 4.78 is 13.1. The highest BCUT2D eigenvalue weighted by Gasteiger charge is 2.36. The number of benzene rings is 2. The SMILES string of the molecule is CC(C)(C)c1ccc(/C=C2\C(=O)NC(=O)N(c3ccc(F)cc3)C2=O)cc1. The van der Waals surface area contributed by atoms with Crippen LogP contribution in [0.2, 0.25) is 0 Å². The number of carbonyl (C=O) groups excluding carboxylic acids is 3. The van der Waals surface area contributed by atoms with E-state index in [1.807, 2.05) is 24.3 Å². The lowest BCUT2D eigenvalue weighted by Crippen LogP contribution is -2.54. The summed E-state index contributed by atoms with van der Waals surface area (Å²) in [5.74, 6) is -2.01. The minimum Gasteiger partial charge on any atom is -0.273 e. The second kappa shape index (κ2) is 6.79. The zero-order valence-corrected chi connectivity index (χ0v) is 15.2. The van der Waals surface area contributed by atoms with Crippen molar-refractivity contribution in [2.75, 3.05) is 4.90 Å². The van der Waals surface area contributed by atoms with Gasteiger partial charge >= 0.3 is 6.03 Å². The second-order valence-electron chi connectivity index (χ2n) is 7.31. The Kier molecular flexibility index (Phi) is 4.66. The molecule has 1 N–H and O–H groups in total. The Morgan fingerprint density at radius 2 is 1.52 bits per heavy atom. The fourth-order valence-electron chi connectivity index (χ4n) is 2.73. The van der Waals surface area contributed by atoms with Gasteiger partial charge in [-0.1, -0.05) is 45.0 Å². The molecular weight excluding hydrogens is 347 g/mol. The summed E-state index contributed by atoms with van der Waals surface area (Å²) in [6.45, 7) is 6.26. The van der Waals surface area contributed by atoms with Gasteiger partial charge in [-0.25, -0.2) is 14.1 Å². The quantitative estimate of drug-likeness (QED) is 0.650. The van der Waals surface area contributed by atoms with Gasteiger partial charge in [0.1, 0.15) is 11.4 Å². The van der Waals surface area contributed by atoms with E-state index in [1.165, 1.54) is 18.2 Å². The fraction of sp³-hybridized carbons (Fsp3) is 0.190. The van der Waals surface area contributed by atoms with E-state index in [4.69, 9.17) is 0 Å². The summed E-state index contributed by atoms with van der Waals surface area (Å²) in [5.41, 5.74) is 1.78. The molecule has 0 unspecified atom stereocenters. The first-order valence-corrected chi connectivity index (χ1v) is 8.44. The number of carbonyl (C=O) groups is 3. The number of barbiturate groups is 1. The standard InChI is InChI=1S/C21H19FN2O3/c1-21(2,3)14-6-4-13(5-7-14)12-17-18(25)23-20(27)24(19(17)26)16-10-8-15(22)9-11-16/h4-12H,1-3H3,(H,23,25,27)/b17-12+. The van der Waals surface area contributed by atoms with Crippen molar-refractivity contribution in [1.82, 2.24) is 5.32 Å². The zero-order chi connectivity index (χ0) is 19.8. The summed E-state index contributed by atoms with van der Waals surface area (Å²) in [5, 5.41) is 2.14. The Bertz CT molecular complexity index is 939. The topological polar surface area (TPSA) is 66.5 Å². The molecule has 2 aromatic carbocycles. The first-order chi connectivity index (χ1) is 12.7. The van der Waals surface area contributed by atoms with Gasteiger partial charge in [0.15, 0.2) is 0 Å². The molecular formula is C21H19FN2O3. The third kappa shape index (κ3) is 3.79. The third-order valence-electron chi connectivity index (χ3n) is 4.27. The molecule has 1 heterocycles. The van der Waals surface area contributed by atoms with Crippen molar-refractivity contribution in [3.63, 3.8) is 0 Å². The molecule has 1 fully saturated rings. The number of hydrogen-bond donors (Lipinski definition) is 1. The van der Waals surface area contributed by atoms with E-state index in [1.54, 1.807) is 0 Å². The summed E-state index contributed by atoms with van der Waals surface area (Å²) in [4.78, 5) is 37.8. The summed E-state index contributed by atoms with van der Waals surface area (Å²) in [6.07, 6.45) is 1.44. The molecule has 0 spiro atoms. The highest BCUT2D eigenvalue weighted by Crippen LogP contribution is 2.25.